The SMILES string of the molecule is CCOc1nc(NCCC(=O)N2CCCC2)ccc1N. The molecule has 0 atom stereocenters. The van der Waals surface area contributed by atoms with E-state index in [1.165, 1.54) is 0 Å². The monoisotopic (exact) mass is 278 g/mol. The highest BCUT2D eigenvalue weighted by molar-refractivity contribution is 5.76. The van der Waals surface area contributed by atoms with Gasteiger partial charge in [-0.2, -0.15) is 4.98 Å². The highest BCUT2D eigenvalue weighted by Crippen LogP contribution is 2.20. The molecule has 0 saturated carbocycles. The molecule has 2 rings (SSSR count). The summed E-state index contributed by atoms with van der Waals surface area (Å²) in [5, 5.41) is 3.13. The summed E-state index contributed by atoms with van der Waals surface area (Å²) in [5.41, 5.74) is 6.28. The number of nitrogens with one attached hydrogen (secondary N) is 1. The van der Waals surface area contributed by atoms with Crippen LogP contribution in [0.15, 0.2) is 12.1 Å². The van der Waals surface area contributed by atoms with E-state index in [1.54, 1.807) is 12.1 Å². The van der Waals surface area contributed by atoms with Crippen LogP contribution in [0.4, 0.5) is 11.5 Å². The van der Waals surface area contributed by atoms with Gasteiger partial charge in [-0.15, -0.1) is 0 Å². The van der Waals surface area contributed by atoms with E-state index in [2.05, 4.69) is 10.3 Å². The number of anilines is 2. The number of hydrogen-bond donors (Lipinski definition) is 2. The highest BCUT2D eigenvalue weighted by atomic mass is 16.5. The van der Waals surface area contributed by atoms with E-state index in [1.807, 2.05) is 11.8 Å². The lowest BCUT2D eigenvalue weighted by atomic mass is 10.3. The van der Waals surface area contributed by atoms with E-state index in [4.69, 9.17) is 10.5 Å². The fourth-order valence-corrected chi connectivity index (χ4v) is 2.22. The number of ether oxygens (including phenoxy) is 1. The molecule has 20 heavy (non-hydrogen) atoms. The first-order chi connectivity index (χ1) is 9.70. The first-order valence-electron chi connectivity index (χ1n) is 7.11. The first-order valence-corrected chi connectivity index (χ1v) is 7.11. The predicted molar refractivity (Wildman–Crippen MR) is 78.7 cm³/mol. The van der Waals surface area contributed by atoms with Crippen LogP contribution in [-0.4, -0.2) is 42.0 Å². The van der Waals surface area contributed by atoms with Crippen molar-refractivity contribution in [1.82, 2.24) is 9.88 Å². The standard InChI is InChI=1S/C14H22N4O2/c1-2-20-14-11(15)5-6-12(17-14)16-8-7-13(19)18-9-3-4-10-18/h5-6H,2-4,7-10,15H2,1H3,(H,16,17). The Labute approximate surface area is 119 Å². The van der Waals surface area contributed by atoms with Gasteiger partial charge in [0, 0.05) is 26.1 Å². The molecule has 1 fully saturated rings. The molecule has 1 amide bonds. The number of rotatable bonds is 6. The lowest BCUT2D eigenvalue weighted by molar-refractivity contribution is -0.129. The summed E-state index contributed by atoms with van der Waals surface area (Å²) in [4.78, 5) is 18.1. The molecule has 1 aliphatic heterocycles. The maximum atomic E-state index is 11.9. The summed E-state index contributed by atoms with van der Waals surface area (Å²) < 4.78 is 5.33. The minimum absolute atomic E-state index is 0.204. The predicted octanol–water partition coefficient (Wildman–Crippen LogP) is 1.49. The number of carbonyl (C=O) groups excluding carboxylic acids is 1. The minimum Gasteiger partial charge on any atom is -0.476 e. The van der Waals surface area contributed by atoms with Crippen LogP contribution >= 0.6 is 0 Å². The zero-order chi connectivity index (χ0) is 14.4. The zero-order valence-electron chi connectivity index (χ0n) is 11.9. The van der Waals surface area contributed by atoms with Gasteiger partial charge in [-0.05, 0) is 31.9 Å². The third-order valence-corrected chi connectivity index (χ3v) is 3.27. The van der Waals surface area contributed by atoms with Gasteiger partial charge in [0.1, 0.15) is 5.82 Å². The van der Waals surface area contributed by atoms with E-state index in [0.29, 0.717) is 37.0 Å². The molecule has 1 aliphatic rings. The van der Waals surface area contributed by atoms with Gasteiger partial charge in [-0.25, -0.2) is 0 Å². The molecule has 0 aliphatic carbocycles. The molecule has 1 aromatic heterocycles. The van der Waals surface area contributed by atoms with Gasteiger partial charge < -0.3 is 20.7 Å². The Morgan fingerprint density at radius 2 is 2.20 bits per heavy atom. The van der Waals surface area contributed by atoms with Crippen molar-refractivity contribution in [3.63, 3.8) is 0 Å². The molecule has 0 radical (unpaired) electrons. The van der Waals surface area contributed by atoms with E-state index >= 15 is 0 Å². The number of hydrogen-bond acceptors (Lipinski definition) is 5. The minimum atomic E-state index is 0.204. The van der Waals surface area contributed by atoms with Gasteiger partial charge in [-0.3, -0.25) is 4.79 Å². The fourth-order valence-electron chi connectivity index (χ4n) is 2.22. The maximum absolute atomic E-state index is 11.9. The quantitative estimate of drug-likeness (QED) is 0.824. The largest absolute Gasteiger partial charge is 0.476 e. The molecule has 110 valence electrons. The second-order valence-corrected chi connectivity index (χ2v) is 4.79. The fraction of sp³-hybridized carbons (Fsp3) is 0.571. The lowest BCUT2D eigenvalue weighted by Gasteiger charge is -2.15. The Balaban J connectivity index is 1.81. The third-order valence-electron chi connectivity index (χ3n) is 3.27. The number of pyridine rings is 1. The number of nitrogens with two attached hydrogens (primary N) is 1. The van der Waals surface area contributed by atoms with Crippen LogP contribution in [0.1, 0.15) is 26.2 Å². The first kappa shape index (κ1) is 14.4. The Bertz CT molecular complexity index is 458. The average Bonchev–Trinajstić information content (AvgIpc) is 2.96. The normalized spacial score (nSPS) is 14.3. The number of nitrogen functional groups attached to an aromatic ring is 1. The van der Waals surface area contributed by atoms with E-state index < -0.39 is 0 Å². The van der Waals surface area contributed by atoms with Gasteiger partial charge in [-0.1, -0.05) is 0 Å². The van der Waals surface area contributed by atoms with Crippen molar-refractivity contribution in [2.75, 3.05) is 37.3 Å². The molecule has 6 nitrogen and oxygen atoms in total. The highest BCUT2D eigenvalue weighted by Gasteiger charge is 2.17. The van der Waals surface area contributed by atoms with Crippen molar-refractivity contribution < 1.29 is 9.53 Å². The molecule has 6 heteroatoms. The summed E-state index contributed by atoms with van der Waals surface area (Å²) in [7, 11) is 0. The average molecular weight is 278 g/mol. The number of carbonyl (C=O) groups is 1. The molecule has 3 N–H and O–H groups in total. The van der Waals surface area contributed by atoms with Crippen molar-refractivity contribution >= 4 is 17.4 Å². The summed E-state index contributed by atoms with van der Waals surface area (Å²) in [5.74, 6) is 1.32. The summed E-state index contributed by atoms with van der Waals surface area (Å²) in [6.45, 7) is 4.77. The number of likely N-dealkylation sites (tertiary alicyclic amines) is 1. The lowest BCUT2D eigenvalue weighted by Crippen LogP contribution is -2.29. The van der Waals surface area contributed by atoms with Crippen LogP contribution in [0.3, 0.4) is 0 Å². The van der Waals surface area contributed by atoms with Crippen LogP contribution in [0, 0.1) is 0 Å². The summed E-state index contributed by atoms with van der Waals surface area (Å²) in [6.07, 6.45) is 2.73. The second-order valence-electron chi connectivity index (χ2n) is 4.79. The van der Waals surface area contributed by atoms with Crippen LogP contribution in [0.25, 0.3) is 0 Å². The third kappa shape index (κ3) is 3.76. The van der Waals surface area contributed by atoms with E-state index in [9.17, 15) is 4.79 Å². The van der Waals surface area contributed by atoms with Crippen LogP contribution in [-0.2, 0) is 4.79 Å². The Kier molecular flexibility index (Phi) is 5.03. The summed E-state index contributed by atoms with van der Waals surface area (Å²) in [6, 6.07) is 3.54. The van der Waals surface area contributed by atoms with Crippen molar-refractivity contribution in [3.05, 3.63) is 12.1 Å². The van der Waals surface area contributed by atoms with Crippen molar-refractivity contribution in [1.29, 1.82) is 0 Å². The molecular formula is C14H22N4O2. The molecule has 0 aromatic carbocycles. The van der Waals surface area contributed by atoms with Gasteiger partial charge >= 0.3 is 0 Å². The molecule has 0 spiro atoms. The van der Waals surface area contributed by atoms with Crippen molar-refractivity contribution in [3.8, 4) is 5.88 Å². The molecule has 2 heterocycles. The van der Waals surface area contributed by atoms with E-state index in [0.717, 1.165) is 25.9 Å². The van der Waals surface area contributed by atoms with Gasteiger partial charge in [0.2, 0.25) is 11.8 Å². The maximum Gasteiger partial charge on any atom is 0.239 e. The smallest absolute Gasteiger partial charge is 0.239 e. The van der Waals surface area contributed by atoms with Crippen molar-refractivity contribution in [2.24, 2.45) is 0 Å². The molecular weight excluding hydrogens is 256 g/mol. The number of amides is 1. The molecule has 0 bridgehead atoms. The van der Waals surface area contributed by atoms with E-state index in [-0.39, 0.29) is 5.91 Å². The van der Waals surface area contributed by atoms with Crippen molar-refractivity contribution in [2.45, 2.75) is 26.2 Å². The van der Waals surface area contributed by atoms with Gasteiger partial charge in [0.15, 0.2) is 0 Å². The second kappa shape index (κ2) is 6.98. The molecule has 0 unspecified atom stereocenters. The Morgan fingerprint density at radius 3 is 2.90 bits per heavy atom. The molecule has 1 aromatic rings. The number of aromatic nitrogens is 1. The molecule has 1 saturated heterocycles. The van der Waals surface area contributed by atoms with Crippen LogP contribution in [0.2, 0.25) is 0 Å². The van der Waals surface area contributed by atoms with Crippen LogP contribution in [0.5, 0.6) is 5.88 Å². The Hall–Kier alpha value is -1.98. The Morgan fingerprint density at radius 1 is 1.45 bits per heavy atom. The number of nitrogens with zero attached hydrogens (tertiary/aromatic N) is 2. The van der Waals surface area contributed by atoms with Gasteiger partial charge in [0.05, 0.1) is 12.3 Å². The van der Waals surface area contributed by atoms with Gasteiger partial charge in [0.25, 0.3) is 0 Å². The summed E-state index contributed by atoms with van der Waals surface area (Å²) >= 11 is 0. The topological polar surface area (TPSA) is 80.5 Å². The van der Waals surface area contributed by atoms with Crippen LogP contribution < -0.4 is 15.8 Å². The zero-order valence-corrected chi connectivity index (χ0v) is 11.9.